The lowest BCUT2D eigenvalue weighted by Gasteiger charge is -2.40. The van der Waals surface area contributed by atoms with Crippen molar-refractivity contribution in [3.05, 3.63) is 53.1 Å². The van der Waals surface area contributed by atoms with Gasteiger partial charge in [0.05, 0.1) is 24.1 Å². The lowest BCUT2D eigenvalue weighted by atomic mass is 9.74. The van der Waals surface area contributed by atoms with Crippen molar-refractivity contribution in [3.63, 3.8) is 0 Å². The molecule has 214 valence electrons. The summed E-state index contributed by atoms with van der Waals surface area (Å²) in [5.74, 6) is -0.301. The third kappa shape index (κ3) is 8.12. The van der Waals surface area contributed by atoms with Gasteiger partial charge < -0.3 is 26.0 Å². The van der Waals surface area contributed by atoms with E-state index in [1.54, 1.807) is 36.5 Å². The maximum atomic E-state index is 13.4. The van der Waals surface area contributed by atoms with Crippen molar-refractivity contribution < 1.29 is 23.9 Å². The van der Waals surface area contributed by atoms with E-state index in [1.807, 2.05) is 11.8 Å². The van der Waals surface area contributed by atoms with E-state index < -0.39 is 5.41 Å². The summed E-state index contributed by atoms with van der Waals surface area (Å²) in [5.41, 5.74) is -0.271. The van der Waals surface area contributed by atoms with Crippen LogP contribution in [-0.2, 0) is 14.4 Å². The van der Waals surface area contributed by atoms with Crippen molar-refractivity contribution in [3.8, 4) is 5.75 Å². The fourth-order valence-corrected chi connectivity index (χ4v) is 5.46. The molecule has 4 rings (SSSR count). The number of benzene rings is 1. The molecule has 0 bridgehead atoms. The van der Waals surface area contributed by atoms with E-state index in [0.717, 1.165) is 4.88 Å². The van der Waals surface area contributed by atoms with E-state index in [0.29, 0.717) is 68.3 Å². The molecule has 2 aliphatic rings. The molecule has 1 aromatic heterocycles. The van der Waals surface area contributed by atoms with Crippen LogP contribution in [0.5, 0.6) is 5.75 Å². The van der Waals surface area contributed by atoms with Crippen LogP contribution in [0.15, 0.2) is 42.6 Å². The average molecular weight is 569 g/mol. The highest BCUT2D eigenvalue weighted by atomic mass is 32.1. The highest BCUT2D eigenvalue weighted by Gasteiger charge is 2.40. The number of likely N-dealkylation sites (tertiary alicyclic amines) is 1. The van der Waals surface area contributed by atoms with Gasteiger partial charge in [-0.25, -0.2) is 4.98 Å². The summed E-state index contributed by atoms with van der Waals surface area (Å²) in [6.45, 7) is 4.58. The number of ether oxygens (including phenoxy) is 1. The van der Waals surface area contributed by atoms with Gasteiger partial charge in [-0.2, -0.15) is 0 Å². The topological polar surface area (TPSA) is 142 Å². The van der Waals surface area contributed by atoms with Crippen molar-refractivity contribution in [2.75, 3.05) is 51.2 Å². The Balaban J connectivity index is 1.36. The second-order valence-corrected chi connectivity index (χ2v) is 11.2. The molecule has 11 nitrogen and oxygen atoms in total. The molecule has 2 aromatic rings. The van der Waals surface area contributed by atoms with Crippen molar-refractivity contribution in [1.82, 2.24) is 25.8 Å². The summed E-state index contributed by atoms with van der Waals surface area (Å²) in [7, 11) is 0. The van der Waals surface area contributed by atoms with Crippen LogP contribution < -0.4 is 26.0 Å². The first-order valence-corrected chi connectivity index (χ1v) is 14.3. The number of piperidine rings is 1. The van der Waals surface area contributed by atoms with Crippen LogP contribution in [0.2, 0.25) is 0 Å². The molecule has 4 amide bonds. The average Bonchev–Trinajstić information content (AvgIpc) is 3.35. The quantitative estimate of drug-likeness (QED) is 0.443. The predicted octanol–water partition coefficient (Wildman–Crippen LogP) is 1.86. The minimum atomic E-state index is -0.688. The number of hydrogen-bond acceptors (Lipinski definition) is 8. The van der Waals surface area contributed by atoms with Gasteiger partial charge in [-0.3, -0.25) is 24.1 Å². The summed E-state index contributed by atoms with van der Waals surface area (Å²) in [5, 5.41) is 12.1. The fourth-order valence-electron chi connectivity index (χ4n) is 4.78. The molecule has 0 radical (unpaired) electrons. The first-order chi connectivity index (χ1) is 19.3. The second kappa shape index (κ2) is 14.0. The molecule has 3 heterocycles. The molecule has 1 aromatic carbocycles. The number of amides is 4. The van der Waals surface area contributed by atoms with Crippen LogP contribution in [0.1, 0.15) is 40.9 Å². The molecule has 0 aliphatic carbocycles. The third-order valence-electron chi connectivity index (χ3n) is 7.02. The summed E-state index contributed by atoms with van der Waals surface area (Å²) >= 11 is 1.43. The monoisotopic (exact) mass is 568 g/mol. The number of anilines is 1. The maximum absolute atomic E-state index is 13.4. The van der Waals surface area contributed by atoms with Crippen molar-refractivity contribution in [2.45, 2.75) is 32.6 Å². The first kappa shape index (κ1) is 29.2. The second-order valence-electron chi connectivity index (χ2n) is 9.99. The van der Waals surface area contributed by atoms with Gasteiger partial charge in [0.15, 0.2) is 5.13 Å². The van der Waals surface area contributed by atoms with Crippen LogP contribution in [0.3, 0.4) is 0 Å². The molecule has 2 aliphatic heterocycles. The molecule has 40 heavy (non-hydrogen) atoms. The number of hydrogen-bond donors (Lipinski definition) is 4. The van der Waals surface area contributed by atoms with Crippen LogP contribution in [0.25, 0.3) is 0 Å². The van der Waals surface area contributed by atoms with Gasteiger partial charge in [0.1, 0.15) is 12.4 Å². The number of rotatable bonds is 3. The molecule has 12 heteroatoms. The van der Waals surface area contributed by atoms with Gasteiger partial charge in [-0.15, -0.1) is 11.3 Å². The Labute approximate surface area is 237 Å². The standard InChI is InChI=1S/C28H36N6O5S/c1-20-18-32-27(40-20)33-24(36)19-34-15-10-28(11-16-34)9-4-8-23(35)29-14-17-39-22-7-3-2-6-21(22)25(37)30-12-5-13-31-26(28)38/h2-4,6-8,18H,5,9-17,19H2,1H3,(H,29,35)(H,30,37)(H,31,38)(H,32,33,36)/b8-4+. The molecular weight excluding hydrogens is 532 g/mol. The number of nitrogens with one attached hydrogen (secondary N) is 4. The van der Waals surface area contributed by atoms with E-state index in [1.165, 1.54) is 17.4 Å². The third-order valence-corrected chi connectivity index (χ3v) is 7.85. The van der Waals surface area contributed by atoms with Crippen LogP contribution in [-0.4, -0.2) is 79.4 Å². The summed E-state index contributed by atoms with van der Waals surface area (Å²) in [4.78, 5) is 58.2. The van der Waals surface area contributed by atoms with Crippen molar-refractivity contribution in [1.29, 1.82) is 0 Å². The number of fused-ring (bicyclic) bond motifs is 1. The lowest BCUT2D eigenvalue weighted by molar-refractivity contribution is -0.134. The van der Waals surface area contributed by atoms with Gasteiger partial charge in [0.2, 0.25) is 17.7 Å². The van der Waals surface area contributed by atoms with Crippen molar-refractivity contribution >= 4 is 40.1 Å². The number of thiazole rings is 1. The van der Waals surface area contributed by atoms with Crippen molar-refractivity contribution in [2.24, 2.45) is 5.41 Å². The molecular formula is C28H36N6O5S. The molecule has 0 saturated carbocycles. The summed E-state index contributed by atoms with van der Waals surface area (Å²) < 4.78 is 5.73. The normalized spacial score (nSPS) is 20.1. The van der Waals surface area contributed by atoms with E-state index >= 15 is 0 Å². The molecule has 1 fully saturated rings. The zero-order valence-electron chi connectivity index (χ0n) is 22.7. The number of allylic oxidation sites excluding steroid dienone is 1. The number of carbonyl (C=O) groups is 4. The number of para-hydroxylation sites is 1. The maximum Gasteiger partial charge on any atom is 0.255 e. The summed E-state index contributed by atoms with van der Waals surface area (Å²) in [6, 6.07) is 6.95. The Kier molecular flexibility index (Phi) is 10.3. The summed E-state index contributed by atoms with van der Waals surface area (Å²) in [6.07, 6.45) is 7.00. The Hall–Kier alpha value is -3.77. The van der Waals surface area contributed by atoms with Crippen LogP contribution in [0.4, 0.5) is 5.13 Å². The fraction of sp³-hybridized carbons (Fsp3) is 0.464. The van der Waals surface area contributed by atoms with Crippen LogP contribution in [0, 0.1) is 12.3 Å². The zero-order chi connectivity index (χ0) is 28.4. The van der Waals surface area contributed by atoms with Gasteiger partial charge in [0, 0.05) is 24.2 Å². The Morgan fingerprint density at radius 3 is 2.65 bits per heavy atom. The minimum absolute atomic E-state index is 0.0777. The highest BCUT2D eigenvalue weighted by molar-refractivity contribution is 7.15. The predicted molar refractivity (Wildman–Crippen MR) is 152 cm³/mol. The number of carbonyl (C=O) groups excluding carboxylic acids is 4. The Bertz CT molecular complexity index is 1240. The van der Waals surface area contributed by atoms with Crippen LogP contribution >= 0.6 is 11.3 Å². The lowest BCUT2D eigenvalue weighted by Crippen LogP contribution is -2.50. The molecule has 1 spiro atoms. The largest absolute Gasteiger partial charge is 0.491 e. The molecule has 0 atom stereocenters. The van der Waals surface area contributed by atoms with Gasteiger partial charge in [0.25, 0.3) is 5.91 Å². The van der Waals surface area contributed by atoms with Gasteiger partial charge in [-0.05, 0) is 63.9 Å². The molecule has 0 unspecified atom stereocenters. The minimum Gasteiger partial charge on any atom is -0.491 e. The van der Waals surface area contributed by atoms with E-state index in [-0.39, 0.29) is 43.3 Å². The van der Waals surface area contributed by atoms with Gasteiger partial charge >= 0.3 is 0 Å². The SMILES string of the molecule is Cc1cnc(NC(=O)CN2CCC3(C/C=C/C(=O)NCCOc4ccccc4C(=O)NCCCNC3=O)CC2)s1. The van der Waals surface area contributed by atoms with E-state index in [2.05, 4.69) is 26.3 Å². The Morgan fingerprint density at radius 2 is 1.88 bits per heavy atom. The highest BCUT2D eigenvalue weighted by Crippen LogP contribution is 2.36. The number of aryl methyl sites for hydroxylation is 1. The number of nitrogens with zero attached hydrogens (tertiary/aromatic N) is 2. The van der Waals surface area contributed by atoms with Gasteiger partial charge in [-0.1, -0.05) is 18.2 Å². The molecule has 4 N–H and O–H groups in total. The Morgan fingerprint density at radius 1 is 1.10 bits per heavy atom. The smallest absolute Gasteiger partial charge is 0.255 e. The zero-order valence-corrected chi connectivity index (χ0v) is 23.5. The van der Waals surface area contributed by atoms with E-state index in [9.17, 15) is 19.2 Å². The molecule has 1 saturated heterocycles. The first-order valence-electron chi connectivity index (χ1n) is 13.5. The number of aromatic nitrogens is 1. The van der Waals surface area contributed by atoms with E-state index in [4.69, 9.17) is 4.74 Å².